The van der Waals surface area contributed by atoms with Gasteiger partial charge >= 0.3 is 0 Å². The van der Waals surface area contributed by atoms with Crippen LogP contribution in [0, 0.1) is 5.92 Å². The first-order valence-electron chi connectivity index (χ1n) is 8.60. The average molecular weight is 326 g/mol. The number of aromatic nitrogens is 2. The predicted octanol–water partition coefficient (Wildman–Crippen LogP) is 2.30. The van der Waals surface area contributed by atoms with Gasteiger partial charge in [-0.15, -0.1) is 0 Å². The number of nitrogens with zero attached hydrogens (tertiary/aromatic N) is 3. The first kappa shape index (κ1) is 15.3. The summed E-state index contributed by atoms with van der Waals surface area (Å²) in [4.78, 5) is 19.0. The summed E-state index contributed by atoms with van der Waals surface area (Å²) in [5.41, 5.74) is 1.54. The predicted molar refractivity (Wildman–Crippen MR) is 89.6 cm³/mol. The molecule has 1 aromatic heterocycles. The molecule has 1 aliphatic heterocycles. The Hall–Kier alpha value is -2.21. The number of carbonyl (C=O) groups excluding carboxylic acids is 1. The summed E-state index contributed by atoms with van der Waals surface area (Å²) in [7, 11) is 2.12. The zero-order valence-corrected chi connectivity index (χ0v) is 13.9. The second-order valence-electron chi connectivity index (χ2n) is 6.93. The Balaban J connectivity index is 1.36. The van der Waals surface area contributed by atoms with Gasteiger partial charge in [-0.2, -0.15) is 4.98 Å². The van der Waals surface area contributed by atoms with Gasteiger partial charge < -0.3 is 14.7 Å². The third-order valence-corrected chi connectivity index (χ3v) is 4.81. The van der Waals surface area contributed by atoms with Crippen LogP contribution in [0.4, 0.5) is 0 Å². The molecule has 0 spiro atoms. The lowest BCUT2D eigenvalue weighted by atomic mass is 10.1. The largest absolute Gasteiger partial charge is 0.352 e. The third kappa shape index (κ3) is 3.33. The van der Waals surface area contributed by atoms with Crippen LogP contribution in [0.5, 0.6) is 0 Å². The fourth-order valence-corrected chi connectivity index (χ4v) is 3.15. The van der Waals surface area contributed by atoms with Crippen molar-refractivity contribution in [2.45, 2.75) is 25.2 Å². The van der Waals surface area contributed by atoms with Gasteiger partial charge in [-0.05, 0) is 50.9 Å². The zero-order chi connectivity index (χ0) is 16.5. The van der Waals surface area contributed by atoms with Crippen LogP contribution in [0.25, 0.3) is 11.4 Å². The number of carbonyl (C=O) groups is 1. The maximum Gasteiger partial charge on any atom is 0.251 e. The topological polar surface area (TPSA) is 71.3 Å². The van der Waals surface area contributed by atoms with Crippen molar-refractivity contribution in [3.05, 3.63) is 35.7 Å². The molecule has 0 radical (unpaired) electrons. The highest BCUT2D eigenvalue weighted by atomic mass is 16.5. The Morgan fingerprint density at radius 1 is 1.29 bits per heavy atom. The molecular formula is C18H22N4O2. The molecule has 1 amide bonds. The van der Waals surface area contributed by atoms with Gasteiger partial charge in [0.2, 0.25) is 11.7 Å². The van der Waals surface area contributed by atoms with Gasteiger partial charge in [0.05, 0.1) is 0 Å². The molecule has 1 saturated carbocycles. The van der Waals surface area contributed by atoms with Crippen LogP contribution >= 0.6 is 0 Å². The highest BCUT2D eigenvalue weighted by Gasteiger charge is 2.29. The van der Waals surface area contributed by atoms with Crippen LogP contribution in [0.3, 0.4) is 0 Å². The maximum absolute atomic E-state index is 12.3. The van der Waals surface area contributed by atoms with Crippen molar-refractivity contribution in [1.82, 2.24) is 20.4 Å². The molecule has 4 rings (SSSR count). The Morgan fingerprint density at radius 2 is 2.08 bits per heavy atom. The van der Waals surface area contributed by atoms with Crippen LogP contribution in [0.2, 0.25) is 0 Å². The molecule has 1 saturated heterocycles. The van der Waals surface area contributed by atoms with Gasteiger partial charge in [0.15, 0.2) is 0 Å². The van der Waals surface area contributed by atoms with Crippen molar-refractivity contribution in [1.29, 1.82) is 0 Å². The van der Waals surface area contributed by atoms with Gasteiger partial charge in [0.1, 0.15) is 0 Å². The second-order valence-corrected chi connectivity index (χ2v) is 6.93. The minimum atomic E-state index is -0.0251. The normalized spacial score (nSPS) is 21.1. The number of benzene rings is 1. The monoisotopic (exact) mass is 326 g/mol. The molecule has 6 nitrogen and oxygen atoms in total. The van der Waals surface area contributed by atoms with Crippen LogP contribution in [-0.2, 0) is 0 Å². The SMILES string of the molecule is CN1CC[C@H](CNC(=O)c2ccc(-c3noc(C4CC4)n3)cc2)C1. The summed E-state index contributed by atoms with van der Waals surface area (Å²) in [6.07, 6.45) is 3.42. The van der Waals surface area contributed by atoms with Crippen molar-refractivity contribution >= 4 is 5.91 Å². The lowest BCUT2D eigenvalue weighted by Crippen LogP contribution is -2.30. The molecule has 2 aliphatic rings. The molecular weight excluding hydrogens is 304 g/mol. The van der Waals surface area contributed by atoms with E-state index in [-0.39, 0.29) is 5.91 Å². The number of amides is 1. The van der Waals surface area contributed by atoms with Gasteiger partial charge in [-0.3, -0.25) is 4.79 Å². The van der Waals surface area contributed by atoms with E-state index >= 15 is 0 Å². The van der Waals surface area contributed by atoms with E-state index in [1.807, 2.05) is 24.3 Å². The minimum absolute atomic E-state index is 0.0251. The van der Waals surface area contributed by atoms with Crippen LogP contribution in [0.1, 0.15) is 41.4 Å². The third-order valence-electron chi connectivity index (χ3n) is 4.81. The van der Waals surface area contributed by atoms with E-state index in [1.54, 1.807) is 0 Å². The molecule has 1 aromatic carbocycles. The van der Waals surface area contributed by atoms with E-state index in [0.29, 0.717) is 23.2 Å². The Bertz CT molecular complexity index is 721. The van der Waals surface area contributed by atoms with Gasteiger partial charge in [0.25, 0.3) is 5.91 Å². The molecule has 6 heteroatoms. The summed E-state index contributed by atoms with van der Waals surface area (Å²) in [5.74, 6) is 2.30. The first-order valence-corrected chi connectivity index (χ1v) is 8.60. The summed E-state index contributed by atoms with van der Waals surface area (Å²) in [5, 5.41) is 7.06. The first-order chi connectivity index (χ1) is 11.7. The molecule has 1 N–H and O–H groups in total. The molecule has 0 bridgehead atoms. The second kappa shape index (κ2) is 6.36. The summed E-state index contributed by atoms with van der Waals surface area (Å²) in [6.45, 7) is 2.91. The lowest BCUT2D eigenvalue weighted by molar-refractivity contribution is 0.0947. The quantitative estimate of drug-likeness (QED) is 0.913. The van der Waals surface area contributed by atoms with Crippen LogP contribution < -0.4 is 5.32 Å². The number of rotatable bonds is 5. The smallest absolute Gasteiger partial charge is 0.251 e. The van der Waals surface area contributed by atoms with Crippen LogP contribution in [-0.4, -0.2) is 47.6 Å². The number of nitrogens with one attached hydrogen (secondary N) is 1. The molecule has 126 valence electrons. The fourth-order valence-electron chi connectivity index (χ4n) is 3.15. The molecule has 1 aliphatic carbocycles. The molecule has 1 atom stereocenters. The van der Waals surface area contributed by atoms with Crippen molar-refractivity contribution in [3.63, 3.8) is 0 Å². The van der Waals surface area contributed by atoms with E-state index < -0.39 is 0 Å². The van der Waals surface area contributed by atoms with Gasteiger partial charge in [-0.1, -0.05) is 17.3 Å². The van der Waals surface area contributed by atoms with E-state index in [2.05, 4.69) is 27.4 Å². The molecule has 24 heavy (non-hydrogen) atoms. The fraction of sp³-hybridized carbons (Fsp3) is 0.500. The van der Waals surface area contributed by atoms with E-state index in [4.69, 9.17) is 4.52 Å². The standard InChI is InChI=1S/C18H22N4O2/c1-22-9-8-12(11-22)10-19-17(23)14-4-2-13(3-5-14)16-20-18(24-21-16)15-6-7-15/h2-5,12,15H,6-11H2,1H3,(H,19,23)/t12-/m1/s1. The Labute approximate surface area is 141 Å². The highest BCUT2D eigenvalue weighted by Crippen LogP contribution is 2.39. The van der Waals surface area contributed by atoms with Crippen LogP contribution in [0.15, 0.2) is 28.8 Å². The van der Waals surface area contributed by atoms with Gasteiger partial charge in [-0.25, -0.2) is 0 Å². The lowest BCUT2D eigenvalue weighted by Gasteiger charge is -2.11. The van der Waals surface area contributed by atoms with E-state index in [1.165, 1.54) is 0 Å². The zero-order valence-electron chi connectivity index (χ0n) is 13.9. The summed E-state index contributed by atoms with van der Waals surface area (Å²) in [6, 6.07) is 7.39. The molecule has 2 aromatic rings. The Kier molecular flexibility index (Phi) is 4.06. The van der Waals surface area contributed by atoms with Crippen molar-refractivity contribution in [3.8, 4) is 11.4 Å². The summed E-state index contributed by atoms with van der Waals surface area (Å²) < 4.78 is 5.28. The Morgan fingerprint density at radius 3 is 2.75 bits per heavy atom. The van der Waals surface area contributed by atoms with E-state index in [0.717, 1.165) is 50.4 Å². The maximum atomic E-state index is 12.3. The average Bonchev–Trinajstić information content (AvgIpc) is 3.18. The number of hydrogen-bond donors (Lipinski definition) is 1. The molecule has 2 fully saturated rings. The minimum Gasteiger partial charge on any atom is -0.352 e. The highest BCUT2D eigenvalue weighted by molar-refractivity contribution is 5.94. The number of hydrogen-bond acceptors (Lipinski definition) is 5. The van der Waals surface area contributed by atoms with Gasteiger partial charge in [0, 0.05) is 30.1 Å². The number of likely N-dealkylation sites (tertiary alicyclic amines) is 1. The van der Waals surface area contributed by atoms with Crippen molar-refractivity contribution in [2.24, 2.45) is 5.92 Å². The molecule has 2 heterocycles. The van der Waals surface area contributed by atoms with Crippen molar-refractivity contribution in [2.75, 3.05) is 26.7 Å². The van der Waals surface area contributed by atoms with Crippen molar-refractivity contribution < 1.29 is 9.32 Å². The summed E-state index contributed by atoms with van der Waals surface area (Å²) >= 11 is 0. The van der Waals surface area contributed by atoms with E-state index in [9.17, 15) is 4.79 Å². The molecule has 0 unspecified atom stereocenters.